The Kier molecular flexibility index (Phi) is 3.90. The molecule has 0 spiro atoms. The molecular formula is C12H9Cl2F4NO. The van der Waals surface area contributed by atoms with Crippen LogP contribution >= 0.6 is 23.2 Å². The highest BCUT2D eigenvalue weighted by molar-refractivity contribution is 6.52. The first-order valence-corrected chi connectivity index (χ1v) is 6.38. The lowest BCUT2D eigenvalue weighted by Crippen LogP contribution is -2.27. The van der Waals surface area contributed by atoms with Crippen molar-refractivity contribution in [3.05, 3.63) is 35.1 Å². The highest BCUT2D eigenvalue weighted by atomic mass is 35.5. The topological polar surface area (TPSA) is 29.1 Å². The molecule has 1 unspecified atom stereocenters. The standard InChI is InChI=1S/C12H9Cl2F4NO/c13-11(14)4-9(11)10(20)19-5-6-1-2-7(15)3-8(6)12(16,17)18/h1-3,9H,4-5H2,(H,19,20). The Morgan fingerprint density at radius 3 is 2.50 bits per heavy atom. The number of halogens is 6. The van der Waals surface area contributed by atoms with Gasteiger partial charge in [0.2, 0.25) is 5.91 Å². The third-order valence-corrected chi connectivity index (χ3v) is 3.81. The van der Waals surface area contributed by atoms with Crippen molar-refractivity contribution >= 4 is 29.1 Å². The second-order valence-corrected chi connectivity index (χ2v) is 6.08. The molecule has 1 aromatic carbocycles. The van der Waals surface area contributed by atoms with Gasteiger partial charge in [-0.05, 0) is 24.1 Å². The van der Waals surface area contributed by atoms with Crippen molar-refractivity contribution in [2.24, 2.45) is 5.92 Å². The molecule has 1 aliphatic rings. The van der Waals surface area contributed by atoms with E-state index < -0.39 is 33.7 Å². The van der Waals surface area contributed by atoms with Gasteiger partial charge >= 0.3 is 6.18 Å². The number of amides is 1. The van der Waals surface area contributed by atoms with Crippen LogP contribution in [0.2, 0.25) is 0 Å². The Morgan fingerprint density at radius 1 is 1.40 bits per heavy atom. The van der Waals surface area contributed by atoms with Crippen LogP contribution in [0.4, 0.5) is 17.6 Å². The lowest BCUT2D eigenvalue weighted by molar-refractivity contribution is -0.138. The SMILES string of the molecule is O=C(NCc1ccc(F)cc1C(F)(F)F)C1CC1(Cl)Cl. The first kappa shape index (κ1) is 15.4. The predicted molar refractivity (Wildman–Crippen MR) is 65.8 cm³/mol. The second kappa shape index (κ2) is 5.07. The van der Waals surface area contributed by atoms with E-state index in [1.807, 2.05) is 0 Å². The fourth-order valence-corrected chi connectivity index (χ4v) is 2.28. The molecule has 1 N–H and O–H groups in total. The van der Waals surface area contributed by atoms with Crippen molar-refractivity contribution in [1.82, 2.24) is 5.32 Å². The summed E-state index contributed by atoms with van der Waals surface area (Å²) >= 11 is 11.4. The molecule has 20 heavy (non-hydrogen) atoms. The smallest absolute Gasteiger partial charge is 0.352 e. The highest BCUT2D eigenvalue weighted by Crippen LogP contribution is 2.53. The van der Waals surface area contributed by atoms with E-state index in [0.29, 0.717) is 6.07 Å². The van der Waals surface area contributed by atoms with Gasteiger partial charge in [0.25, 0.3) is 0 Å². The molecule has 8 heteroatoms. The van der Waals surface area contributed by atoms with Crippen molar-refractivity contribution in [1.29, 1.82) is 0 Å². The van der Waals surface area contributed by atoms with E-state index in [4.69, 9.17) is 23.2 Å². The summed E-state index contributed by atoms with van der Waals surface area (Å²) in [6.07, 6.45) is -4.43. The van der Waals surface area contributed by atoms with E-state index >= 15 is 0 Å². The number of nitrogens with one attached hydrogen (secondary N) is 1. The molecule has 0 aromatic heterocycles. The number of carbonyl (C=O) groups excluding carboxylic acids is 1. The molecule has 110 valence electrons. The molecule has 2 nitrogen and oxygen atoms in total. The minimum Gasteiger partial charge on any atom is -0.352 e. The zero-order chi connectivity index (χ0) is 15.1. The fourth-order valence-electron chi connectivity index (χ4n) is 1.77. The van der Waals surface area contributed by atoms with Gasteiger partial charge in [0.1, 0.15) is 10.2 Å². The van der Waals surface area contributed by atoms with Gasteiger partial charge in [0, 0.05) is 6.54 Å². The number of benzene rings is 1. The maximum absolute atomic E-state index is 12.9. The van der Waals surface area contributed by atoms with Gasteiger partial charge < -0.3 is 5.32 Å². The van der Waals surface area contributed by atoms with Crippen molar-refractivity contribution in [3.8, 4) is 0 Å². The first-order valence-electron chi connectivity index (χ1n) is 5.62. The molecule has 1 aromatic rings. The zero-order valence-corrected chi connectivity index (χ0v) is 11.4. The van der Waals surface area contributed by atoms with Gasteiger partial charge in [0.15, 0.2) is 0 Å². The molecule has 0 aliphatic heterocycles. The minimum atomic E-state index is -4.69. The van der Waals surface area contributed by atoms with Crippen LogP contribution in [-0.2, 0) is 17.5 Å². The maximum atomic E-state index is 12.9. The molecule has 1 atom stereocenters. The van der Waals surface area contributed by atoms with Crippen molar-refractivity contribution in [3.63, 3.8) is 0 Å². The summed E-state index contributed by atoms with van der Waals surface area (Å²) in [5.74, 6) is -2.14. The fraction of sp³-hybridized carbons (Fsp3) is 0.417. The molecule has 0 saturated heterocycles. The Labute approximate surface area is 122 Å². The van der Waals surface area contributed by atoms with Gasteiger partial charge in [-0.1, -0.05) is 6.07 Å². The average Bonchev–Trinajstić information content (AvgIpc) is 2.95. The van der Waals surface area contributed by atoms with Gasteiger partial charge in [-0.25, -0.2) is 4.39 Å². The first-order chi connectivity index (χ1) is 9.11. The van der Waals surface area contributed by atoms with Crippen LogP contribution in [0.3, 0.4) is 0 Å². The van der Waals surface area contributed by atoms with E-state index in [1.54, 1.807) is 0 Å². The van der Waals surface area contributed by atoms with E-state index in [9.17, 15) is 22.4 Å². The molecule has 0 bridgehead atoms. The Bertz CT molecular complexity index is 545. The summed E-state index contributed by atoms with van der Waals surface area (Å²) in [6.45, 7) is -0.367. The Hall–Kier alpha value is -1.01. The highest BCUT2D eigenvalue weighted by Gasteiger charge is 2.56. The van der Waals surface area contributed by atoms with Crippen LogP contribution < -0.4 is 5.32 Å². The van der Waals surface area contributed by atoms with Gasteiger partial charge in [-0.15, -0.1) is 23.2 Å². The Morgan fingerprint density at radius 2 is 2.00 bits per heavy atom. The summed E-state index contributed by atoms with van der Waals surface area (Å²) < 4.78 is 49.9. The molecule has 1 amide bonds. The van der Waals surface area contributed by atoms with Crippen molar-refractivity contribution < 1.29 is 22.4 Å². The van der Waals surface area contributed by atoms with Crippen LogP contribution in [0, 0.1) is 11.7 Å². The van der Waals surface area contributed by atoms with Crippen LogP contribution in [0.1, 0.15) is 17.5 Å². The number of hydrogen-bond donors (Lipinski definition) is 1. The number of hydrogen-bond acceptors (Lipinski definition) is 1. The Balaban J connectivity index is 2.08. The van der Waals surface area contributed by atoms with E-state index in [1.165, 1.54) is 0 Å². The molecular weight excluding hydrogens is 321 g/mol. The number of rotatable bonds is 3. The van der Waals surface area contributed by atoms with E-state index in [-0.39, 0.29) is 18.5 Å². The van der Waals surface area contributed by atoms with Gasteiger partial charge in [0.05, 0.1) is 11.5 Å². The van der Waals surface area contributed by atoms with Crippen molar-refractivity contribution in [2.45, 2.75) is 23.5 Å². The monoisotopic (exact) mass is 329 g/mol. The molecule has 0 radical (unpaired) electrons. The second-order valence-electron chi connectivity index (χ2n) is 4.53. The van der Waals surface area contributed by atoms with Crippen LogP contribution in [0.15, 0.2) is 18.2 Å². The van der Waals surface area contributed by atoms with Gasteiger partial charge in [-0.3, -0.25) is 4.79 Å². The number of carbonyl (C=O) groups is 1. The van der Waals surface area contributed by atoms with Gasteiger partial charge in [-0.2, -0.15) is 13.2 Å². The van der Waals surface area contributed by atoms with Crippen LogP contribution in [-0.4, -0.2) is 10.2 Å². The molecule has 1 saturated carbocycles. The van der Waals surface area contributed by atoms with Crippen LogP contribution in [0.25, 0.3) is 0 Å². The third-order valence-electron chi connectivity index (χ3n) is 2.97. The lowest BCUT2D eigenvalue weighted by Gasteiger charge is -2.13. The average molecular weight is 330 g/mol. The van der Waals surface area contributed by atoms with E-state index in [0.717, 1.165) is 12.1 Å². The summed E-state index contributed by atoms with van der Waals surface area (Å²) in [4.78, 5) is 11.6. The van der Waals surface area contributed by atoms with Crippen molar-refractivity contribution in [2.75, 3.05) is 0 Å². The summed E-state index contributed by atoms with van der Waals surface area (Å²) in [5, 5.41) is 2.32. The summed E-state index contributed by atoms with van der Waals surface area (Å²) in [6, 6.07) is 2.28. The maximum Gasteiger partial charge on any atom is 0.416 e. The normalized spacial score (nSPS) is 20.6. The minimum absolute atomic E-state index is 0.220. The summed E-state index contributed by atoms with van der Waals surface area (Å²) in [7, 11) is 0. The van der Waals surface area contributed by atoms with E-state index in [2.05, 4.69) is 5.32 Å². The molecule has 0 heterocycles. The molecule has 2 rings (SSSR count). The predicted octanol–water partition coefficient (Wildman–Crippen LogP) is 3.65. The molecule has 1 fully saturated rings. The quantitative estimate of drug-likeness (QED) is 0.665. The third kappa shape index (κ3) is 3.35. The molecule has 1 aliphatic carbocycles. The summed E-state index contributed by atoms with van der Waals surface area (Å²) in [5.41, 5.74) is -1.33. The largest absolute Gasteiger partial charge is 0.416 e. The van der Waals surface area contributed by atoms with Crippen LogP contribution in [0.5, 0.6) is 0 Å². The zero-order valence-electron chi connectivity index (χ0n) is 9.90. The lowest BCUT2D eigenvalue weighted by atomic mass is 10.1. The number of alkyl halides is 5.